The molecular weight excluding hydrogens is 344 g/mol. The van der Waals surface area contributed by atoms with Crippen molar-refractivity contribution in [3.63, 3.8) is 0 Å². The Balaban J connectivity index is 1.90. The molecule has 0 aliphatic heterocycles. The van der Waals surface area contributed by atoms with Crippen LogP contribution in [0.2, 0.25) is 0 Å². The number of hydrogen-bond acceptors (Lipinski definition) is 4. The van der Waals surface area contributed by atoms with Crippen LogP contribution in [0, 0.1) is 0 Å². The van der Waals surface area contributed by atoms with Gasteiger partial charge in [0.05, 0.1) is 12.6 Å². The van der Waals surface area contributed by atoms with Gasteiger partial charge in [0, 0.05) is 33.9 Å². The first-order valence-corrected chi connectivity index (χ1v) is 7.62. The van der Waals surface area contributed by atoms with Gasteiger partial charge in [-0.25, -0.2) is 0 Å². The van der Waals surface area contributed by atoms with Gasteiger partial charge in [-0.3, -0.25) is 4.98 Å². The van der Waals surface area contributed by atoms with Crippen LogP contribution >= 0.6 is 15.9 Å². The minimum Gasteiger partial charge on any atom is -0.504 e. The smallest absolute Gasteiger partial charge is 0.162 e. The van der Waals surface area contributed by atoms with Crippen molar-refractivity contribution >= 4 is 32.5 Å². The lowest BCUT2D eigenvalue weighted by Gasteiger charge is -2.12. The average Bonchev–Trinajstić information content (AvgIpc) is 2.54. The third-order valence-corrected chi connectivity index (χ3v) is 4.13. The summed E-state index contributed by atoms with van der Waals surface area (Å²) in [4.78, 5) is 4.39. The monoisotopic (exact) mass is 358 g/mol. The second-order valence-electron chi connectivity index (χ2n) is 4.82. The predicted octanol–water partition coefficient (Wildman–Crippen LogP) is 4.32. The molecule has 0 bridgehead atoms. The summed E-state index contributed by atoms with van der Waals surface area (Å²) in [5.74, 6) is 0.638. The maximum absolute atomic E-state index is 10.1. The fourth-order valence-electron chi connectivity index (χ4n) is 2.36. The highest BCUT2D eigenvalue weighted by Crippen LogP contribution is 2.31. The summed E-state index contributed by atoms with van der Waals surface area (Å²) in [5.41, 5.74) is 2.65. The molecule has 5 heteroatoms. The molecule has 2 aromatic carbocycles. The number of para-hydroxylation sites is 2. The number of halogens is 1. The molecule has 2 N–H and O–H groups in total. The molecule has 0 amide bonds. The third-order valence-electron chi connectivity index (χ3n) is 3.49. The van der Waals surface area contributed by atoms with Crippen LogP contribution in [0.4, 0.5) is 5.69 Å². The Bertz CT molecular complexity index is 821. The van der Waals surface area contributed by atoms with E-state index in [9.17, 15) is 5.11 Å². The molecule has 112 valence electrons. The van der Waals surface area contributed by atoms with E-state index < -0.39 is 0 Å². The number of phenolic OH excluding ortho intramolecular Hbond substituents is 1. The quantitative estimate of drug-likeness (QED) is 0.728. The first kappa shape index (κ1) is 14.7. The minimum absolute atomic E-state index is 0.164. The van der Waals surface area contributed by atoms with Crippen LogP contribution in [0.5, 0.6) is 11.5 Å². The van der Waals surface area contributed by atoms with Crippen molar-refractivity contribution in [2.45, 2.75) is 6.54 Å². The Labute approximate surface area is 136 Å². The fraction of sp³-hybridized carbons (Fsp3) is 0.118. The van der Waals surface area contributed by atoms with Gasteiger partial charge in [-0.1, -0.05) is 24.3 Å². The van der Waals surface area contributed by atoms with Gasteiger partial charge >= 0.3 is 0 Å². The second-order valence-corrected chi connectivity index (χ2v) is 5.67. The molecule has 0 saturated heterocycles. The van der Waals surface area contributed by atoms with Crippen molar-refractivity contribution in [3.05, 3.63) is 58.7 Å². The number of rotatable bonds is 4. The van der Waals surface area contributed by atoms with Crippen molar-refractivity contribution in [2.75, 3.05) is 12.4 Å². The molecular formula is C17H15BrN2O2. The predicted molar refractivity (Wildman–Crippen MR) is 91.4 cm³/mol. The lowest BCUT2D eigenvalue weighted by atomic mass is 10.1. The zero-order chi connectivity index (χ0) is 15.5. The van der Waals surface area contributed by atoms with Crippen molar-refractivity contribution in [1.29, 1.82) is 0 Å². The van der Waals surface area contributed by atoms with E-state index in [4.69, 9.17) is 4.74 Å². The standard InChI is InChI=1S/C17H15BrN2O2/c1-22-15-7-2-4-11(17(15)21)10-20-14-8-9-19-16-12(14)5-3-6-13(16)18/h2-9,21H,10H2,1H3,(H,19,20). The molecule has 0 aliphatic carbocycles. The van der Waals surface area contributed by atoms with Crippen LogP contribution < -0.4 is 10.1 Å². The zero-order valence-corrected chi connectivity index (χ0v) is 13.6. The minimum atomic E-state index is 0.164. The van der Waals surface area contributed by atoms with Crippen molar-refractivity contribution in [1.82, 2.24) is 4.98 Å². The summed E-state index contributed by atoms with van der Waals surface area (Å²) in [6, 6.07) is 13.3. The lowest BCUT2D eigenvalue weighted by molar-refractivity contribution is 0.371. The van der Waals surface area contributed by atoms with Crippen LogP contribution in [-0.4, -0.2) is 17.2 Å². The Hall–Kier alpha value is -2.27. The van der Waals surface area contributed by atoms with E-state index in [1.165, 1.54) is 0 Å². The summed E-state index contributed by atoms with van der Waals surface area (Å²) < 4.78 is 6.09. The molecule has 1 aromatic heterocycles. The number of aromatic nitrogens is 1. The molecule has 0 atom stereocenters. The normalized spacial score (nSPS) is 10.6. The number of pyridine rings is 1. The van der Waals surface area contributed by atoms with E-state index in [0.29, 0.717) is 12.3 Å². The topological polar surface area (TPSA) is 54.4 Å². The van der Waals surface area contributed by atoms with Crippen LogP contribution in [0.25, 0.3) is 10.9 Å². The highest BCUT2D eigenvalue weighted by molar-refractivity contribution is 9.10. The van der Waals surface area contributed by atoms with Crippen LogP contribution in [0.3, 0.4) is 0 Å². The molecule has 3 aromatic rings. The van der Waals surface area contributed by atoms with Gasteiger partial charge < -0.3 is 15.2 Å². The van der Waals surface area contributed by atoms with Gasteiger partial charge in [0.2, 0.25) is 0 Å². The number of methoxy groups -OCH3 is 1. The highest BCUT2D eigenvalue weighted by atomic mass is 79.9. The molecule has 0 spiro atoms. The van der Waals surface area contributed by atoms with Gasteiger partial charge in [-0.05, 0) is 34.1 Å². The van der Waals surface area contributed by atoms with E-state index in [2.05, 4.69) is 26.2 Å². The van der Waals surface area contributed by atoms with Gasteiger partial charge in [0.1, 0.15) is 0 Å². The second kappa shape index (κ2) is 6.23. The van der Waals surface area contributed by atoms with E-state index in [1.807, 2.05) is 36.4 Å². The summed E-state index contributed by atoms with van der Waals surface area (Å²) in [5, 5.41) is 14.5. The number of hydrogen-bond donors (Lipinski definition) is 2. The van der Waals surface area contributed by atoms with Gasteiger partial charge in [0.15, 0.2) is 11.5 Å². The summed E-state index contributed by atoms with van der Waals surface area (Å²) in [6.45, 7) is 0.495. The van der Waals surface area contributed by atoms with Gasteiger partial charge in [-0.15, -0.1) is 0 Å². The van der Waals surface area contributed by atoms with Crippen LogP contribution in [0.1, 0.15) is 5.56 Å². The number of fused-ring (bicyclic) bond motifs is 1. The zero-order valence-electron chi connectivity index (χ0n) is 12.0. The molecule has 0 fully saturated rings. The Morgan fingerprint density at radius 2 is 2.00 bits per heavy atom. The number of nitrogens with one attached hydrogen (secondary N) is 1. The van der Waals surface area contributed by atoms with Crippen molar-refractivity contribution < 1.29 is 9.84 Å². The third kappa shape index (κ3) is 2.72. The maximum atomic E-state index is 10.1. The first-order valence-electron chi connectivity index (χ1n) is 6.82. The lowest BCUT2D eigenvalue weighted by Crippen LogP contribution is -2.01. The number of anilines is 1. The molecule has 22 heavy (non-hydrogen) atoms. The van der Waals surface area contributed by atoms with Crippen molar-refractivity contribution in [3.8, 4) is 11.5 Å². The maximum Gasteiger partial charge on any atom is 0.162 e. The molecule has 4 nitrogen and oxygen atoms in total. The van der Waals surface area contributed by atoms with Gasteiger partial charge in [-0.2, -0.15) is 0 Å². The molecule has 1 heterocycles. The fourth-order valence-corrected chi connectivity index (χ4v) is 2.83. The van der Waals surface area contributed by atoms with Crippen molar-refractivity contribution in [2.24, 2.45) is 0 Å². The number of aromatic hydroxyl groups is 1. The van der Waals surface area contributed by atoms with Crippen LogP contribution in [0.15, 0.2) is 53.1 Å². The number of benzene rings is 2. The molecule has 0 aliphatic rings. The SMILES string of the molecule is COc1cccc(CNc2ccnc3c(Br)cccc23)c1O. The van der Waals surface area contributed by atoms with E-state index in [-0.39, 0.29) is 5.75 Å². The summed E-state index contributed by atoms with van der Waals surface area (Å²) in [6.07, 6.45) is 1.76. The van der Waals surface area contributed by atoms with Gasteiger partial charge in [0.25, 0.3) is 0 Å². The Morgan fingerprint density at radius 3 is 2.82 bits per heavy atom. The highest BCUT2D eigenvalue weighted by Gasteiger charge is 2.08. The van der Waals surface area contributed by atoms with E-state index in [1.54, 1.807) is 19.4 Å². The van der Waals surface area contributed by atoms with E-state index in [0.717, 1.165) is 26.6 Å². The van der Waals surface area contributed by atoms with Crippen LogP contribution in [-0.2, 0) is 6.54 Å². The number of ether oxygens (including phenoxy) is 1. The first-order chi connectivity index (χ1) is 10.7. The number of nitrogens with zero attached hydrogens (tertiary/aromatic N) is 1. The average molecular weight is 359 g/mol. The number of phenols is 1. The Kier molecular flexibility index (Phi) is 4.15. The molecule has 0 saturated carbocycles. The summed E-state index contributed by atoms with van der Waals surface area (Å²) >= 11 is 3.51. The summed E-state index contributed by atoms with van der Waals surface area (Å²) in [7, 11) is 1.54. The largest absolute Gasteiger partial charge is 0.504 e. The molecule has 0 radical (unpaired) electrons. The van der Waals surface area contributed by atoms with E-state index >= 15 is 0 Å². The molecule has 0 unspecified atom stereocenters. The Morgan fingerprint density at radius 1 is 1.18 bits per heavy atom. The molecule has 3 rings (SSSR count).